The lowest BCUT2D eigenvalue weighted by atomic mass is 10.2. The van der Waals surface area contributed by atoms with Crippen molar-refractivity contribution in [2.45, 2.75) is 27.7 Å². The second kappa shape index (κ2) is 6.21. The third-order valence-corrected chi connectivity index (χ3v) is 6.44. The minimum atomic E-state index is -0.0692. The van der Waals surface area contributed by atoms with Crippen molar-refractivity contribution in [3.63, 3.8) is 0 Å². The lowest BCUT2D eigenvalue weighted by Gasteiger charge is -2.10. The number of nitrogens with zero attached hydrogens (tertiary/aromatic N) is 2. The van der Waals surface area contributed by atoms with Crippen LogP contribution in [0.2, 0.25) is 0 Å². The van der Waals surface area contributed by atoms with Crippen LogP contribution < -0.4 is 5.56 Å². The summed E-state index contributed by atoms with van der Waals surface area (Å²) in [4.78, 5) is 22.3. The first-order valence-corrected chi connectivity index (χ1v) is 9.93. The number of halogens is 1. The summed E-state index contributed by atoms with van der Waals surface area (Å²) in [6, 6.07) is 10.3. The molecule has 3 heterocycles. The Morgan fingerprint density at radius 1 is 1.12 bits per heavy atom. The second-order valence-electron chi connectivity index (χ2n) is 6.47. The molecular weight excluding hydrogens is 410 g/mol. The maximum absolute atomic E-state index is 12.6. The van der Waals surface area contributed by atoms with E-state index in [0.29, 0.717) is 11.2 Å². The van der Waals surface area contributed by atoms with Crippen LogP contribution in [0, 0.1) is 27.7 Å². The molecule has 4 nitrogen and oxygen atoms in total. The van der Waals surface area contributed by atoms with Gasteiger partial charge in [0.1, 0.15) is 10.7 Å². The van der Waals surface area contributed by atoms with E-state index in [0.717, 1.165) is 42.4 Å². The van der Waals surface area contributed by atoms with Gasteiger partial charge in [0, 0.05) is 32.0 Å². The van der Waals surface area contributed by atoms with Gasteiger partial charge < -0.3 is 9.55 Å². The van der Waals surface area contributed by atoms with Gasteiger partial charge in [-0.1, -0.05) is 15.9 Å². The van der Waals surface area contributed by atoms with E-state index in [-0.39, 0.29) is 5.56 Å². The number of aromatic nitrogens is 3. The zero-order valence-electron chi connectivity index (χ0n) is 15.0. The average molecular weight is 428 g/mol. The molecule has 26 heavy (non-hydrogen) atoms. The molecule has 1 aromatic carbocycles. The van der Waals surface area contributed by atoms with Crippen molar-refractivity contribution in [2.75, 3.05) is 0 Å². The van der Waals surface area contributed by atoms with Crippen LogP contribution in [0.3, 0.4) is 0 Å². The number of fused-ring (bicyclic) bond motifs is 1. The van der Waals surface area contributed by atoms with Crippen LogP contribution in [0.15, 0.2) is 39.6 Å². The molecule has 1 N–H and O–H groups in total. The molecular formula is C20H18BrN3OS. The number of nitrogens with one attached hydrogen (secondary N) is 1. The number of thiophene rings is 1. The molecule has 0 aliphatic carbocycles. The number of aromatic amines is 1. The Bertz CT molecular complexity index is 1200. The predicted molar refractivity (Wildman–Crippen MR) is 112 cm³/mol. The largest absolute Gasteiger partial charge is 0.318 e. The summed E-state index contributed by atoms with van der Waals surface area (Å²) in [5.74, 6) is 0.625. The number of hydrogen-bond acceptors (Lipinski definition) is 3. The summed E-state index contributed by atoms with van der Waals surface area (Å²) in [6.45, 7) is 8.12. The molecule has 0 spiro atoms. The van der Waals surface area contributed by atoms with Crippen LogP contribution in [0.25, 0.3) is 27.3 Å². The molecule has 6 heteroatoms. The summed E-state index contributed by atoms with van der Waals surface area (Å²) in [7, 11) is 0. The first-order valence-electron chi connectivity index (χ1n) is 8.32. The van der Waals surface area contributed by atoms with Crippen LogP contribution in [-0.4, -0.2) is 14.5 Å². The summed E-state index contributed by atoms with van der Waals surface area (Å²) in [5.41, 5.74) is 5.14. The molecule has 0 saturated carbocycles. The maximum atomic E-state index is 12.6. The molecule has 0 saturated heterocycles. The van der Waals surface area contributed by atoms with Crippen LogP contribution in [0.5, 0.6) is 0 Å². The standard InChI is InChI=1S/C20H18BrN3OS/c1-10-9-16(12(3)24(10)15-7-5-14(21)6-8-15)18-22-19(25)17-11(2)13(4)26-20(17)23-18/h5-9H,1-4H3,(H,22,23,25). The fraction of sp³-hybridized carbons (Fsp3) is 0.200. The zero-order chi connectivity index (χ0) is 18.6. The van der Waals surface area contributed by atoms with Crippen LogP contribution in [0.1, 0.15) is 21.8 Å². The Morgan fingerprint density at radius 2 is 1.81 bits per heavy atom. The minimum absolute atomic E-state index is 0.0692. The highest BCUT2D eigenvalue weighted by Gasteiger charge is 2.17. The van der Waals surface area contributed by atoms with Crippen molar-refractivity contribution in [3.05, 3.63) is 67.0 Å². The van der Waals surface area contributed by atoms with Gasteiger partial charge in [0.2, 0.25) is 0 Å². The Balaban J connectivity index is 1.92. The fourth-order valence-electron chi connectivity index (χ4n) is 3.37. The molecule has 0 unspecified atom stereocenters. The quantitative estimate of drug-likeness (QED) is 0.462. The Labute approximate surface area is 163 Å². The van der Waals surface area contributed by atoms with Crippen molar-refractivity contribution < 1.29 is 0 Å². The fourth-order valence-corrected chi connectivity index (χ4v) is 4.67. The van der Waals surface area contributed by atoms with Gasteiger partial charge in [-0.25, -0.2) is 4.98 Å². The van der Waals surface area contributed by atoms with E-state index in [1.807, 2.05) is 26.0 Å². The van der Waals surface area contributed by atoms with Crippen molar-refractivity contribution in [1.82, 2.24) is 14.5 Å². The minimum Gasteiger partial charge on any atom is -0.318 e. The van der Waals surface area contributed by atoms with Crippen LogP contribution in [0.4, 0.5) is 0 Å². The lowest BCUT2D eigenvalue weighted by molar-refractivity contribution is 0.964. The van der Waals surface area contributed by atoms with E-state index in [4.69, 9.17) is 4.98 Å². The van der Waals surface area contributed by atoms with Gasteiger partial charge >= 0.3 is 0 Å². The van der Waals surface area contributed by atoms with Crippen molar-refractivity contribution >= 4 is 37.5 Å². The van der Waals surface area contributed by atoms with Gasteiger partial charge in [-0.3, -0.25) is 4.79 Å². The first kappa shape index (κ1) is 17.2. The summed E-state index contributed by atoms with van der Waals surface area (Å²) < 4.78 is 3.22. The highest BCUT2D eigenvalue weighted by atomic mass is 79.9. The van der Waals surface area contributed by atoms with Gasteiger partial charge in [0.15, 0.2) is 0 Å². The van der Waals surface area contributed by atoms with E-state index in [1.165, 1.54) is 0 Å². The molecule has 0 radical (unpaired) electrons. The van der Waals surface area contributed by atoms with E-state index >= 15 is 0 Å². The van der Waals surface area contributed by atoms with Gasteiger partial charge in [0.05, 0.1) is 5.39 Å². The topological polar surface area (TPSA) is 50.7 Å². The number of aryl methyl sites for hydroxylation is 3. The van der Waals surface area contributed by atoms with Gasteiger partial charge in [-0.05, 0) is 63.6 Å². The van der Waals surface area contributed by atoms with Crippen LogP contribution in [-0.2, 0) is 0 Å². The molecule has 3 aromatic heterocycles. The number of benzene rings is 1. The first-order chi connectivity index (χ1) is 12.4. The van der Waals surface area contributed by atoms with Gasteiger partial charge in [-0.2, -0.15) is 0 Å². The SMILES string of the molecule is Cc1sc2nc(-c3cc(C)n(-c4ccc(Br)cc4)c3C)[nH]c(=O)c2c1C. The molecule has 0 fully saturated rings. The smallest absolute Gasteiger partial charge is 0.260 e. The molecule has 0 atom stereocenters. The number of H-pyrrole nitrogens is 1. The zero-order valence-corrected chi connectivity index (χ0v) is 17.4. The number of hydrogen-bond donors (Lipinski definition) is 1. The molecule has 4 aromatic rings. The third-order valence-electron chi connectivity index (χ3n) is 4.81. The maximum Gasteiger partial charge on any atom is 0.260 e. The Hall–Kier alpha value is -2.18. The van der Waals surface area contributed by atoms with E-state index in [9.17, 15) is 4.79 Å². The lowest BCUT2D eigenvalue weighted by Crippen LogP contribution is -2.09. The molecule has 0 bridgehead atoms. The normalized spacial score (nSPS) is 11.4. The summed E-state index contributed by atoms with van der Waals surface area (Å²) >= 11 is 5.05. The van der Waals surface area contributed by atoms with E-state index < -0.39 is 0 Å². The Kier molecular flexibility index (Phi) is 4.12. The second-order valence-corrected chi connectivity index (χ2v) is 8.59. The monoisotopic (exact) mass is 427 g/mol. The molecule has 0 aliphatic rings. The molecule has 4 rings (SSSR count). The van der Waals surface area contributed by atoms with Crippen molar-refractivity contribution in [3.8, 4) is 17.1 Å². The van der Waals surface area contributed by atoms with E-state index in [2.05, 4.69) is 57.5 Å². The summed E-state index contributed by atoms with van der Waals surface area (Å²) in [6.07, 6.45) is 0. The molecule has 0 amide bonds. The van der Waals surface area contributed by atoms with Gasteiger partial charge in [-0.15, -0.1) is 11.3 Å². The molecule has 0 aliphatic heterocycles. The number of rotatable bonds is 2. The van der Waals surface area contributed by atoms with Gasteiger partial charge in [0.25, 0.3) is 5.56 Å². The average Bonchev–Trinajstić information content (AvgIpc) is 3.05. The highest BCUT2D eigenvalue weighted by Crippen LogP contribution is 2.31. The predicted octanol–water partition coefficient (Wildman–Crippen LogP) is 5.44. The van der Waals surface area contributed by atoms with Crippen LogP contribution >= 0.6 is 27.3 Å². The van der Waals surface area contributed by atoms with Crippen molar-refractivity contribution in [2.24, 2.45) is 0 Å². The third kappa shape index (κ3) is 2.64. The van der Waals surface area contributed by atoms with E-state index in [1.54, 1.807) is 11.3 Å². The summed E-state index contributed by atoms with van der Waals surface area (Å²) in [5, 5.41) is 0.706. The Morgan fingerprint density at radius 3 is 2.50 bits per heavy atom. The highest BCUT2D eigenvalue weighted by molar-refractivity contribution is 9.10. The molecule has 132 valence electrons. The van der Waals surface area contributed by atoms with Crippen molar-refractivity contribution in [1.29, 1.82) is 0 Å².